The van der Waals surface area contributed by atoms with Crippen LogP contribution in [0.25, 0.3) is 0 Å². The first-order valence-corrected chi connectivity index (χ1v) is 8.06. The Labute approximate surface area is 120 Å². The fraction of sp³-hybridized carbons (Fsp3) is 0.538. The van der Waals surface area contributed by atoms with Crippen molar-refractivity contribution in [3.63, 3.8) is 0 Å². The van der Waals surface area contributed by atoms with E-state index in [0.717, 1.165) is 22.5 Å². The van der Waals surface area contributed by atoms with E-state index in [0.29, 0.717) is 18.2 Å². The van der Waals surface area contributed by atoms with Crippen molar-refractivity contribution in [1.29, 1.82) is 0 Å². The zero-order valence-electron chi connectivity index (χ0n) is 10.4. The third kappa shape index (κ3) is 3.07. The highest BCUT2D eigenvalue weighted by molar-refractivity contribution is 9.10. The van der Waals surface area contributed by atoms with Gasteiger partial charge < -0.3 is 5.73 Å². The Balaban J connectivity index is 2.29. The summed E-state index contributed by atoms with van der Waals surface area (Å²) in [7, 11) is 0. The van der Waals surface area contributed by atoms with E-state index in [4.69, 9.17) is 5.73 Å². The van der Waals surface area contributed by atoms with Gasteiger partial charge in [0.15, 0.2) is 0 Å². The van der Waals surface area contributed by atoms with Crippen molar-refractivity contribution in [2.24, 2.45) is 5.73 Å². The predicted molar refractivity (Wildman–Crippen MR) is 79.4 cm³/mol. The lowest BCUT2D eigenvalue weighted by Gasteiger charge is -2.39. The molecule has 2 N–H and O–H groups in total. The van der Waals surface area contributed by atoms with Crippen LogP contribution in [0.15, 0.2) is 22.7 Å². The molecule has 0 bridgehead atoms. The normalized spacial score (nSPS) is 23.0. The van der Waals surface area contributed by atoms with Gasteiger partial charge in [-0.3, -0.25) is 4.90 Å². The number of rotatable bonds is 3. The highest BCUT2D eigenvalue weighted by Crippen LogP contribution is 2.30. The van der Waals surface area contributed by atoms with Crippen molar-refractivity contribution >= 4 is 27.7 Å². The lowest BCUT2D eigenvalue weighted by molar-refractivity contribution is 0.163. The molecular formula is C13H18BrFN2S. The van der Waals surface area contributed by atoms with E-state index in [2.05, 4.69) is 27.8 Å². The van der Waals surface area contributed by atoms with Gasteiger partial charge in [0.25, 0.3) is 0 Å². The van der Waals surface area contributed by atoms with Crippen molar-refractivity contribution in [2.75, 3.05) is 24.6 Å². The zero-order valence-corrected chi connectivity index (χ0v) is 12.8. The van der Waals surface area contributed by atoms with Crippen LogP contribution < -0.4 is 5.73 Å². The monoisotopic (exact) mass is 332 g/mol. The summed E-state index contributed by atoms with van der Waals surface area (Å²) in [5.41, 5.74) is 6.59. The van der Waals surface area contributed by atoms with Crippen molar-refractivity contribution < 1.29 is 4.39 Å². The van der Waals surface area contributed by atoms with Gasteiger partial charge in [0.1, 0.15) is 5.82 Å². The molecule has 1 aliphatic rings. The second kappa shape index (κ2) is 6.37. The van der Waals surface area contributed by atoms with Crippen LogP contribution in [-0.4, -0.2) is 35.5 Å². The third-order valence-electron chi connectivity index (χ3n) is 3.36. The minimum absolute atomic E-state index is 0.0293. The van der Waals surface area contributed by atoms with Gasteiger partial charge in [-0.1, -0.05) is 15.9 Å². The van der Waals surface area contributed by atoms with Crippen LogP contribution in [0.5, 0.6) is 0 Å². The van der Waals surface area contributed by atoms with E-state index in [-0.39, 0.29) is 11.9 Å². The molecular weight excluding hydrogens is 315 g/mol. The number of hydrogen-bond acceptors (Lipinski definition) is 3. The predicted octanol–water partition coefficient (Wildman–Crippen LogP) is 3.03. The van der Waals surface area contributed by atoms with E-state index in [1.54, 1.807) is 6.07 Å². The summed E-state index contributed by atoms with van der Waals surface area (Å²) in [6.45, 7) is 3.60. The van der Waals surface area contributed by atoms with Crippen LogP contribution in [-0.2, 0) is 0 Å². The molecule has 1 heterocycles. The molecule has 1 aliphatic heterocycles. The maximum atomic E-state index is 14.0. The summed E-state index contributed by atoms with van der Waals surface area (Å²) in [6.07, 6.45) is 0. The SMILES string of the molecule is CC1CSCCN1C(CN)c1cc(Br)ccc1F. The van der Waals surface area contributed by atoms with E-state index < -0.39 is 0 Å². The van der Waals surface area contributed by atoms with Crippen LogP contribution >= 0.6 is 27.7 Å². The Morgan fingerprint density at radius 2 is 2.39 bits per heavy atom. The number of hydrogen-bond donors (Lipinski definition) is 1. The molecule has 5 heteroatoms. The summed E-state index contributed by atoms with van der Waals surface area (Å²) in [5, 5.41) is 0. The molecule has 0 aromatic heterocycles. The molecule has 1 fully saturated rings. The number of nitrogens with two attached hydrogens (primary N) is 1. The minimum atomic E-state index is -0.168. The fourth-order valence-corrected chi connectivity index (χ4v) is 3.83. The van der Waals surface area contributed by atoms with Gasteiger partial charge in [-0.2, -0.15) is 11.8 Å². The van der Waals surface area contributed by atoms with Gasteiger partial charge in [-0.05, 0) is 25.1 Å². The average molecular weight is 333 g/mol. The average Bonchev–Trinajstić information content (AvgIpc) is 2.36. The van der Waals surface area contributed by atoms with Gasteiger partial charge >= 0.3 is 0 Å². The molecule has 0 amide bonds. The lowest BCUT2D eigenvalue weighted by atomic mass is 10.0. The van der Waals surface area contributed by atoms with Crippen LogP contribution in [0.1, 0.15) is 18.5 Å². The molecule has 2 nitrogen and oxygen atoms in total. The van der Waals surface area contributed by atoms with Crippen molar-refractivity contribution in [3.8, 4) is 0 Å². The first-order chi connectivity index (χ1) is 8.63. The van der Waals surface area contributed by atoms with Crippen LogP contribution in [0, 0.1) is 5.82 Å². The fourth-order valence-electron chi connectivity index (χ4n) is 2.41. The molecule has 0 aliphatic carbocycles. The quantitative estimate of drug-likeness (QED) is 0.922. The van der Waals surface area contributed by atoms with E-state index in [1.165, 1.54) is 6.07 Å². The van der Waals surface area contributed by atoms with Gasteiger partial charge in [0.2, 0.25) is 0 Å². The topological polar surface area (TPSA) is 29.3 Å². The first-order valence-electron chi connectivity index (χ1n) is 6.12. The number of nitrogens with zero attached hydrogens (tertiary/aromatic N) is 1. The Bertz CT molecular complexity index is 416. The second-order valence-electron chi connectivity index (χ2n) is 4.58. The number of benzene rings is 1. The summed E-state index contributed by atoms with van der Waals surface area (Å²) in [5.74, 6) is 2.02. The summed E-state index contributed by atoms with van der Waals surface area (Å²) in [4.78, 5) is 2.32. The molecule has 2 unspecified atom stereocenters. The molecule has 1 aromatic carbocycles. The standard InChI is InChI=1S/C13H18BrFN2S/c1-9-8-18-5-4-17(9)13(7-16)11-6-10(14)2-3-12(11)15/h2-3,6,9,13H,4-5,7-8,16H2,1H3. The Morgan fingerprint density at radius 3 is 3.06 bits per heavy atom. The highest BCUT2D eigenvalue weighted by atomic mass is 79.9. The Kier molecular flexibility index (Phi) is 5.06. The Hall–Kier alpha value is -0.100. The van der Waals surface area contributed by atoms with Gasteiger partial charge in [0, 0.05) is 40.7 Å². The zero-order chi connectivity index (χ0) is 13.1. The smallest absolute Gasteiger partial charge is 0.128 e. The maximum Gasteiger partial charge on any atom is 0.128 e. The summed E-state index contributed by atoms with van der Waals surface area (Å²) in [6, 6.07) is 5.49. The Morgan fingerprint density at radius 1 is 1.61 bits per heavy atom. The molecule has 100 valence electrons. The molecule has 1 aromatic rings. The number of halogens is 2. The van der Waals surface area contributed by atoms with E-state index in [1.807, 2.05) is 17.8 Å². The molecule has 18 heavy (non-hydrogen) atoms. The van der Waals surface area contributed by atoms with Gasteiger partial charge in [0.05, 0.1) is 6.04 Å². The van der Waals surface area contributed by atoms with Crippen molar-refractivity contribution in [3.05, 3.63) is 34.1 Å². The van der Waals surface area contributed by atoms with E-state index in [9.17, 15) is 4.39 Å². The van der Waals surface area contributed by atoms with Crippen molar-refractivity contribution in [2.45, 2.75) is 19.0 Å². The lowest BCUT2D eigenvalue weighted by Crippen LogP contribution is -2.45. The van der Waals surface area contributed by atoms with Crippen LogP contribution in [0.4, 0.5) is 4.39 Å². The third-order valence-corrected chi connectivity index (χ3v) is 5.04. The molecule has 2 rings (SSSR count). The largest absolute Gasteiger partial charge is 0.329 e. The van der Waals surface area contributed by atoms with Crippen LogP contribution in [0.2, 0.25) is 0 Å². The second-order valence-corrected chi connectivity index (χ2v) is 6.64. The molecule has 0 spiro atoms. The molecule has 0 radical (unpaired) electrons. The van der Waals surface area contributed by atoms with Crippen LogP contribution in [0.3, 0.4) is 0 Å². The highest BCUT2D eigenvalue weighted by Gasteiger charge is 2.28. The number of thioether (sulfide) groups is 1. The first kappa shape index (κ1) is 14.3. The van der Waals surface area contributed by atoms with Gasteiger partial charge in [-0.25, -0.2) is 4.39 Å². The summed E-state index contributed by atoms with van der Waals surface area (Å²) >= 11 is 5.35. The molecule has 0 saturated carbocycles. The minimum Gasteiger partial charge on any atom is -0.329 e. The van der Waals surface area contributed by atoms with Gasteiger partial charge in [-0.15, -0.1) is 0 Å². The molecule has 2 atom stereocenters. The summed E-state index contributed by atoms with van der Waals surface area (Å²) < 4.78 is 14.9. The molecule has 1 saturated heterocycles. The van der Waals surface area contributed by atoms with Crippen molar-refractivity contribution in [1.82, 2.24) is 4.90 Å². The van der Waals surface area contributed by atoms with E-state index >= 15 is 0 Å². The maximum absolute atomic E-state index is 14.0.